The number of amides is 3. The van der Waals surface area contributed by atoms with Crippen molar-refractivity contribution in [1.29, 1.82) is 0 Å². The van der Waals surface area contributed by atoms with E-state index >= 15 is 0 Å². The van der Waals surface area contributed by atoms with Crippen LogP contribution < -0.4 is 5.32 Å². The third-order valence-electron chi connectivity index (χ3n) is 5.99. The number of carbonyl (C=O) groups excluding carboxylic acids is 2. The van der Waals surface area contributed by atoms with Gasteiger partial charge < -0.3 is 24.4 Å². The Hall–Kier alpha value is -2.80. The van der Waals surface area contributed by atoms with Crippen LogP contribution in [0, 0.1) is 6.92 Å². The van der Waals surface area contributed by atoms with Gasteiger partial charge in [0, 0.05) is 25.2 Å². The zero-order valence-corrected chi connectivity index (χ0v) is 21.2. The molecule has 3 rings (SSSR count). The van der Waals surface area contributed by atoms with E-state index in [1.165, 1.54) is 18.4 Å². The lowest BCUT2D eigenvalue weighted by Crippen LogP contribution is -2.53. The molecule has 1 fully saturated rings. The first kappa shape index (κ1) is 25.8. The molecule has 1 aromatic carbocycles. The summed E-state index contributed by atoms with van der Waals surface area (Å²) in [5.41, 5.74) is 0.803. The molecule has 3 amide bonds. The van der Waals surface area contributed by atoms with Crippen molar-refractivity contribution in [3.8, 4) is 0 Å². The largest absolute Gasteiger partial charge is 0.464 e. The van der Waals surface area contributed by atoms with Gasteiger partial charge in [0.2, 0.25) is 5.91 Å². The first-order valence-corrected chi connectivity index (χ1v) is 12.4. The van der Waals surface area contributed by atoms with Gasteiger partial charge in [-0.2, -0.15) is 0 Å². The predicted octanol–water partition coefficient (Wildman–Crippen LogP) is 4.07. The van der Waals surface area contributed by atoms with Gasteiger partial charge in [-0.1, -0.05) is 30.3 Å². The van der Waals surface area contributed by atoms with Gasteiger partial charge in [0.25, 0.3) is 0 Å². The maximum atomic E-state index is 13.5. The van der Waals surface area contributed by atoms with E-state index in [1.54, 1.807) is 9.80 Å². The maximum Gasteiger partial charge on any atom is 0.318 e. The summed E-state index contributed by atoms with van der Waals surface area (Å²) in [6, 6.07) is 13.8. The fourth-order valence-electron chi connectivity index (χ4n) is 4.14. The average Bonchev–Trinajstić information content (AvgIpc) is 3.45. The van der Waals surface area contributed by atoms with Crippen molar-refractivity contribution in [2.45, 2.75) is 59.0 Å². The van der Waals surface area contributed by atoms with Crippen LogP contribution in [0.25, 0.3) is 0 Å². The molecule has 1 N–H and O–H groups in total. The highest BCUT2D eigenvalue weighted by Crippen LogP contribution is 2.13. The Morgan fingerprint density at radius 2 is 1.71 bits per heavy atom. The normalized spacial score (nSPS) is 14.2. The highest BCUT2D eigenvalue weighted by atomic mass is 16.3. The van der Waals surface area contributed by atoms with E-state index in [2.05, 4.69) is 22.3 Å². The van der Waals surface area contributed by atoms with Crippen molar-refractivity contribution in [2.75, 3.05) is 39.3 Å². The van der Waals surface area contributed by atoms with E-state index < -0.39 is 0 Å². The first-order valence-electron chi connectivity index (χ1n) is 12.4. The third kappa shape index (κ3) is 8.52. The Morgan fingerprint density at radius 1 is 1.00 bits per heavy atom. The lowest BCUT2D eigenvalue weighted by atomic mass is 10.1. The van der Waals surface area contributed by atoms with Gasteiger partial charge in [-0.25, -0.2) is 4.79 Å². The molecular formula is C27H40N4O3. The van der Waals surface area contributed by atoms with Gasteiger partial charge >= 0.3 is 6.03 Å². The topological polar surface area (TPSA) is 69.0 Å². The Balaban J connectivity index is 1.70. The molecule has 0 saturated carbocycles. The van der Waals surface area contributed by atoms with Crippen molar-refractivity contribution in [2.24, 2.45) is 0 Å². The molecule has 186 valence electrons. The first-order chi connectivity index (χ1) is 16.2. The van der Waals surface area contributed by atoms with Crippen molar-refractivity contribution in [3.05, 3.63) is 59.5 Å². The highest BCUT2D eigenvalue weighted by molar-refractivity contribution is 5.84. The molecule has 1 saturated heterocycles. The molecule has 0 bridgehead atoms. The highest BCUT2D eigenvalue weighted by Gasteiger charge is 2.25. The molecule has 2 aromatic rings. The summed E-state index contributed by atoms with van der Waals surface area (Å²) < 4.78 is 5.76. The molecule has 34 heavy (non-hydrogen) atoms. The zero-order chi connectivity index (χ0) is 24.6. The molecule has 0 radical (unpaired) electrons. The second-order valence-electron chi connectivity index (χ2n) is 10.2. The molecule has 0 atom stereocenters. The standard InChI is InChI=1S/C27H40N4O3/c1-22-12-13-24(34-22)20-30(17-14-23-10-6-5-7-11-23)25(32)21-31(26(33)28-27(2,3)4)19-18-29-15-8-9-16-29/h5-7,10-13H,8-9,14-21H2,1-4H3,(H,28,33). The Kier molecular flexibility index (Phi) is 9.16. The molecule has 0 unspecified atom stereocenters. The van der Waals surface area contributed by atoms with Crippen LogP contribution in [0.15, 0.2) is 46.9 Å². The second kappa shape index (κ2) is 12.1. The number of hydrogen-bond acceptors (Lipinski definition) is 4. The minimum Gasteiger partial charge on any atom is -0.464 e. The smallest absolute Gasteiger partial charge is 0.318 e. The van der Waals surface area contributed by atoms with Gasteiger partial charge in [-0.05, 0) is 77.7 Å². The van der Waals surface area contributed by atoms with Crippen molar-refractivity contribution in [1.82, 2.24) is 20.0 Å². The molecule has 0 aliphatic carbocycles. The number of benzene rings is 1. The Labute approximate surface area is 204 Å². The summed E-state index contributed by atoms with van der Waals surface area (Å²) in [6.07, 6.45) is 3.14. The van der Waals surface area contributed by atoms with Gasteiger partial charge in [-0.15, -0.1) is 0 Å². The van der Waals surface area contributed by atoms with E-state index in [0.29, 0.717) is 19.6 Å². The summed E-state index contributed by atoms with van der Waals surface area (Å²) >= 11 is 0. The molecule has 7 nitrogen and oxygen atoms in total. The van der Waals surface area contributed by atoms with E-state index in [-0.39, 0.29) is 24.0 Å². The summed E-state index contributed by atoms with van der Waals surface area (Å²) in [5.74, 6) is 1.50. The quantitative estimate of drug-likeness (QED) is 0.571. The fourth-order valence-corrected chi connectivity index (χ4v) is 4.14. The number of nitrogens with zero attached hydrogens (tertiary/aromatic N) is 3. The van der Waals surface area contributed by atoms with E-state index in [9.17, 15) is 9.59 Å². The molecule has 1 aromatic heterocycles. The average molecular weight is 469 g/mol. The summed E-state index contributed by atoms with van der Waals surface area (Å²) in [6.45, 7) is 12.2. The van der Waals surface area contributed by atoms with Crippen LogP contribution in [0.3, 0.4) is 0 Å². The van der Waals surface area contributed by atoms with E-state index in [1.807, 2.05) is 58.0 Å². The summed E-state index contributed by atoms with van der Waals surface area (Å²) in [5, 5.41) is 3.03. The van der Waals surface area contributed by atoms with Crippen LogP contribution >= 0.6 is 0 Å². The molecule has 1 aliphatic heterocycles. The monoisotopic (exact) mass is 468 g/mol. The number of aryl methyl sites for hydroxylation is 1. The van der Waals surface area contributed by atoms with Crippen LogP contribution in [0.2, 0.25) is 0 Å². The molecule has 2 heterocycles. The number of rotatable bonds is 10. The molecule has 0 spiro atoms. The lowest BCUT2D eigenvalue weighted by molar-refractivity contribution is -0.132. The minimum absolute atomic E-state index is 0.0459. The minimum atomic E-state index is -0.370. The Morgan fingerprint density at radius 3 is 2.32 bits per heavy atom. The fraction of sp³-hybridized carbons (Fsp3) is 0.556. The molecular weight excluding hydrogens is 428 g/mol. The Bertz CT molecular complexity index is 913. The van der Waals surface area contributed by atoms with Crippen LogP contribution in [-0.4, -0.2) is 71.4 Å². The second-order valence-corrected chi connectivity index (χ2v) is 10.2. The number of nitrogens with one attached hydrogen (secondary N) is 1. The van der Waals surface area contributed by atoms with Crippen molar-refractivity contribution < 1.29 is 14.0 Å². The lowest BCUT2D eigenvalue weighted by Gasteiger charge is -2.31. The maximum absolute atomic E-state index is 13.5. The number of carbonyl (C=O) groups is 2. The van der Waals surface area contributed by atoms with Crippen LogP contribution in [-0.2, 0) is 17.8 Å². The van der Waals surface area contributed by atoms with Gasteiger partial charge in [-0.3, -0.25) is 4.79 Å². The van der Waals surface area contributed by atoms with E-state index in [0.717, 1.165) is 37.6 Å². The number of urea groups is 1. The predicted molar refractivity (Wildman–Crippen MR) is 135 cm³/mol. The van der Waals surface area contributed by atoms with Crippen LogP contribution in [0.1, 0.15) is 50.7 Å². The third-order valence-corrected chi connectivity index (χ3v) is 5.99. The van der Waals surface area contributed by atoms with E-state index in [4.69, 9.17) is 4.42 Å². The summed E-state index contributed by atoms with van der Waals surface area (Å²) in [7, 11) is 0. The molecule has 7 heteroatoms. The van der Waals surface area contributed by atoms with Gasteiger partial charge in [0.15, 0.2) is 0 Å². The van der Waals surface area contributed by atoms with Crippen LogP contribution in [0.4, 0.5) is 4.79 Å². The van der Waals surface area contributed by atoms with Gasteiger partial charge in [0.1, 0.15) is 18.1 Å². The van der Waals surface area contributed by atoms with Crippen molar-refractivity contribution >= 4 is 11.9 Å². The number of likely N-dealkylation sites (tertiary alicyclic amines) is 1. The van der Waals surface area contributed by atoms with Crippen molar-refractivity contribution in [3.63, 3.8) is 0 Å². The summed E-state index contributed by atoms with van der Waals surface area (Å²) in [4.78, 5) is 32.4. The zero-order valence-electron chi connectivity index (χ0n) is 21.2. The molecule has 1 aliphatic rings. The van der Waals surface area contributed by atoms with Crippen LogP contribution in [0.5, 0.6) is 0 Å². The SMILES string of the molecule is Cc1ccc(CN(CCc2ccccc2)C(=O)CN(CCN2CCCC2)C(=O)NC(C)(C)C)o1. The number of hydrogen-bond donors (Lipinski definition) is 1. The van der Waals surface area contributed by atoms with Gasteiger partial charge in [0.05, 0.1) is 6.54 Å². The number of furan rings is 1.